The normalized spacial score (nSPS) is 14.0. The number of ether oxygens (including phenoxy) is 1. The van der Waals surface area contributed by atoms with Gasteiger partial charge in [0.1, 0.15) is 6.10 Å². The van der Waals surface area contributed by atoms with Crippen molar-refractivity contribution < 1.29 is 4.74 Å². The van der Waals surface area contributed by atoms with Crippen molar-refractivity contribution in [3.05, 3.63) is 56.7 Å². The first-order chi connectivity index (χ1) is 10.2. The fourth-order valence-corrected chi connectivity index (χ4v) is 3.81. The summed E-state index contributed by atoms with van der Waals surface area (Å²) in [6.07, 6.45) is 2.98. The van der Waals surface area contributed by atoms with E-state index in [1.54, 1.807) is 11.3 Å². The molecule has 1 aromatic carbocycles. The highest BCUT2D eigenvalue weighted by atomic mass is 79.9. The molecule has 0 aliphatic heterocycles. The number of aryl methyl sites for hydroxylation is 1. The summed E-state index contributed by atoms with van der Waals surface area (Å²) in [5.74, 6) is 0. The van der Waals surface area contributed by atoms with Crippen LogP contribution < -0.4 is 5.73 Å². The second kappa shape index (κ2) is 8.69. The predicted molar refractivity (Wildman–Crippen MR) is 93.7 cm³/mol. The summed E-state index contributed by atoms with van der Waals surface area (Å²) in [6.45, 7) is 2.84. The quantitative estimate of drug-likeness (QED) is 0.670. The molecule has 21 heavy (non-hydrogen) atoms. The summed E-state index contributed by atoms with van der Waals surface area (Å²) < 4.78 is 7.18. The van der Waals surface area contributed by atoms with Gasteiger partial charge >= 0.3 is 0 Å². The van der Waals surface area contributed by atoms with Crippen LogP contribution in [0.2, 0.25) is 0 Å². The number of thiophene rings is 1. The standard InChI is InChI=1S/C17H22BrNOS/c1-2-15(19)17(16-11-14(18)12-21-16)20-10-6-9-13-7-4-3-5-8-13/h3-5,7-8,11-12,15,17H,2,6,9-10,19H2,1H3. The molecule has 2 aromatic rings. The predicted octanol–water partition coefficient (Wildman–Crippen LogP) is 4.94. The molecule has 0 radical (unpaired) electrons. The molecule has 0 saturated heterocycles. The highest BCUT2D eigenvalue weighted by Crippen LogP contribution is 2.30. The molecule has 0 aliphatic rings. The second-order valence-electron chi connectivity index (χ2n) is 5.12. The van der Waals surface area contributed by atoms with E-state index in [2.05, 4.69) is 58.6 Å². The van der Waals surface area contributed by atoms with E-state index in [0.29, 0.717) is 0 Å². The zero-order valence-corrected chi connectivity index (χ0v) is 14.7. The molecule has 0 aliphatic carbocycles. The van der Waals surface area contributed by atoms with Crippen molar-refractivity contribution in [2.75, 3.05) is 6.61 Å². The van der Waals surface area contributed by atoms with Crippen LogP contribution in [0.5, 0.6) is 0 Å². The van der Waals surface area contributed by atoms with Crippen molar-refractivity contribution >= 4 is 27.3 Å². The van der Waals surface area contributed by atoms with Crippen LogP contribution in [0.1, 0.15) is 36.3 Å². The molecule has 4 heteroatoms. The first-order valence-electron chi connectivity index (χ1n) is 7.35. The SMILES string of the molecule is CCC(N)C(OCCCc1ccccc1)c1cc(Br)cs1. The van der Waals surface area contributed by atoms with Crippen molar-refractivity contribution in [3.63, 3.8) is 0 Å². The van der Waals surface area contributed by atoms with Gasteiger partial charge in [0, 0.05) is 27.4 Å². The number of nitrogens with two attached hydrogens (primary N) is 1. The van der Waals surface area contributed by atoms with Gasteiger partial charge in [-0.25, -0.2) is 0 Å². The largest absolute Gasteiger partial charge is 0.371 e. The number of hydrogen-bond donors (Lipinski definition) is 1. The van der Waals surface area contributed by atoms with Gasteiger partial charge in [0.25, 0.3) is 0 Å². The first-order valence-corrected chi connectivity index (χ1v) is 9.03. The van der Waals surface area contributed by atoms with Crippen LogP contribution in [-0.4, -0.2) is 12.6 Å². The van der Waals surface area contributed by atoms with Crippen LogP contribution in [0.4, 0.5) is 0 Å². The summed E-state index contributed by atoms with van der Waals surface area (Å²) >= 11 is 5.20. The van der Waals surface area contributed by atoms with Gasteiger partial charge < -0.3 is 10.5 Å². The lowest BCUT2D eigenvalue weighted by molar-refractivity contribution is 0.0345. The number of hydrogen-bond acceptors (Lipinski definition) is 3. The summed E-state index contributed by atoms with van der Waals surface area (Å²) in [5, 5.41) is 2.08. The fraction of sp³-hybridized carbons (Fsp3) is 0.412. The lowest BCUT2D eigenvalue weighted by atomic mass is 10.1. The molecule has 2 N–H and O–H groups in total. The first kappa shape index (κ1) is 16.7. The Morgan fingerprint density at radius 3 is 2.67 bits per heavy atom. The molecular formula is C17H22BrNOS. The molecule has 2 atom stereocenters. The Hall–Kier alpha value is -0.680. The minimum absolute atomic E-state index is 0.00192. The Kier molecular flexibility index (Phi) is 6.90. The van der Waals surface area contributed by atoms with E-state index in [-0.39, 0.29) is 12.1 Å². The van der Waals surface area contributed by atoms with E-state index in [1.165, 1.54) is 10.4 Å². The molecule has 0 saturated carbocycles. The van der Waals surface area contributed by atoms with Gasteiger partial charge in [0.15, 0.2) is 0 Å². The molecule has 1 heterocycles. The maximum absolute atomic E-state index is 6.22. The highest BCUT2D eigenvalue weighted by molar-refractivity contribution is 9.10. The Bertz CT molecular complexity index is 529. The smallest absolute Gasteiger partial charge is 0.107 e. The van der Waals surface area contributed by atoms with E-state index in [0.717, 1.165) is 30.3 Å². The van der Waals surface area contributed by atoms with Crippen LogP contribution in [0.15, 0.2) is 46.3 Å². The van der Waals surface area contributed by atoms with Gasteiger partial charge in [0.05, 0.1) is 0 Å². The summed E-state index contributed by atoms with van der Waals surface area (Å²) in [4.78, 5) is 1.20. The average Bonchev–Trinajstić information content (AvgIpc) is 2.94. The minimum Gasteiger partial charge on any atom is -0.371 e. The fourth-order valence-electron chi connectivity index (χ4n) is 2.24. The molecule has 0 amide bonds. The molecular weight excluding hydrogens is 346 g/mol. The topological polar surface area (TPSA) is 35.2 Å². The summed E-state index contributed by atoms with van der Waals surface area (Å²) in [6, 6.07) is 12.7. The van der Waals surface area contributed by atoms with E-state index < -0.39 is 0 Å². The van der Waals surface area contributed by atoms with Crippen molar-refractivity contribution in [2.24, 2.45) is 5.73 Å². The lowest BCUT2D eigenvalue weighted by Gasteiger charge is -2.22. The summed E-state index contributed by atoms with van der Waals surface area (Å²) in [7, 11) is 0. The molecule has 114 valence electrons. The molecule has 0 spiro atoms. The van der Waals surface area contributed by atoms with E-state index in [1.807, 2.05) is 6.07 Å². The highest BCUT2D eigenvalue weighted by Gasteiger charge is 2.20. The molecule has 2 nitrogen and oxygen atoms in total. The number of benzene rings is 1. The third kappa shape index (κ3) is 5.22. The summed E-state index contributed by atoms with van der Waals surface area (Å²) in [5.41, 5.74) is 7.58. The van der Waals surface area contributed by atoms with Crippen LogP contribution in [0.25, 0.3) is 0 Å². The van der Waals surface area contributed by atoms with Gasteiger partial charge in [-0.2, -0.15) is 0 Å². The Morgan fingerprint density at radius 2 is 2.05 bits per heavy atom. The van der Waals surface area contributed by atoms with E-state index >= 15 is 0 Å². The Balaban J connectivity index is 1.85. The maximum atomic E-state index is 6.22. The lowest BCUT2D eigenvalue weighted by Crippen LogP contribution is -2.29. The van der Waals surface area contributed by atoms with Gasteiger partial charge in [-0.15, -0.1) is 11.3 Å². The number of rotatable bonds is 8. The van der Waals surface area contributed by atoms with Crippen molar-refractivity contribution in [1.82, 2.24) is 0 Å². The monoisotopic (exact) mass is 367 g/mol. The van der Waals surface area contributed by atoms with E-state index in [4.69, 9.17) is 10.5 Å². The average molecular weight is 368 g/mol. The number of halogens is 1. The van der Waals surface area contributed by atoms with E-state index in [9.17, 15) is 0 Å². The zero-order valence-electron chi connectivity index (χ0n) is 12.3. The molecule has 2 unspecified atom stereocenters. The second-order valence-corrected chi connectivity index (χ2v) is 6.98. The van der Waals surface area contributed by atoms with Gasteiger partial charge in [-0.3, -0.25) is 0 Å². The zero-order chi connectivity index (χ0) is 15.1. The third-order valence-corrected chi connectivity index (χ3v) is 5.23. The van der Waals surface area contributed by atoms with Crippen LogP contribution >= 0.6 is 27.3 Å². The third-order valence-electron chi connectivity index (χ3n) is 3.48. The van der Waals surface area contributed by atoms with Crippen LogP contribution in [-0.2, 0) is 11.2 Å². The maximum Gasteiger partial charge on any atom is 0.107 e. The van der Waals surface area contributed by atoms with Crippen molar-refractivity contribution in [1.29, 1.82) is 0 Å². The van der Waals surface area contributed by atoms with Gasteiger partial charge in [0.2, 0.25) is 0 Å². The molecule has 1 aromatic heterocycles. The molecule has 0 fully saturated rings. The van der Waals surface area contributed by atoms with Crippen LogP contribution in [0, 0.1) is 0 Å². The molecule has 2 rings (SSSR count). The van der Waals surface area contributed by atoms with Crippen LogP contribution in [0.3, 0.4) is 0 Å². The Labute approximate surface area is 139 Å². The van der Waals surface area contributed by atoms with Crippen molar-refractivity contribution in [3.8, 4) is 0 Å². The molecule has 0 bridgehead atoms. The minimum atomic E-state index is 0.00192. The van der Waals surface area contributed by atoms with Gasteiger partial charge in [-0.05, 0) is 46.8 Å². The Morgan fingerprint density at radius 1 is 1.29 bits per heavy atom. The van der Waals surface area contributed by atoms with Gasteiger partial charge in [-0.1, -0.05) is 37.3 Å². The van der Waals surface area contributed by atoms with Crippen molar-refractivity contribution in [2.45, 2.75) is 38.3 Å².